The van der Waals surface area contributed by atoms with Crippen molar-refractivity contribution < 1.29 is 35.6 Å². The minimum Gasteiger partial charge on any atom is -0.319 e. The highest BCUT2D eigenvalue weighted by Gasteiger charge is 2.73. The molecule has 2 aliphatic carbocycles. The summed E-state index contributed by atoms with van der Waals surface area (Å²) in [7, 11) is -8.94. The van der Waals surface area contributed by atoms with Crippen LogP contribution < -0.4 is 5.73 Å². The Hall–Kier alpha value is -0.610. The quantitative estimate of drug-likeness (QED) is 0.524. The van der Waals surface area contributed by atoms with Crippen LogP contribution in [0.15, 0.2) is 0 Å². The number of nitrogens with zero attached hydrogens (tertiary/aromatic N) is 1. The van der Waals surface area contributed by atoms with E-state index in [1.165, 1.54) is 13.8 Å². The maximum atomic E-state index is 15.2. The second-order valence-electron chi connectivity index (χ2n) is 9.49. The zero-order chi connectivity index (χ0) is 23.6. The lowest BCUT2D eigenvalue weighted by molar-refractivity contribution is -0.134. The molecule has 0 radical (unpaired) electrons. The van der Waals surface area contributed by atoms with Gasteiger partial charge in [-0.05, 0) is 44.4 Å². The van der Waals surface area contributed by atoms with Gasteiger partial charge < -0.3 is 14.8 Å². The van der Waals surface area contributed by atoms with E-state index < -0.39 is 52.6 Å². The third kappa shape index (κ3) is 3.33. The molecule has 1 amide bonds. The topological polar surface area (TPSA) is 116 Å². The van der Waals surface area contributed by atoms with Gasteiger partial charge in [-0.2, -0.15) is 8.78 Å². The molecule has 1 aliphatic heterocycles. The van der Waals surface area contributed by atoms with E-state index in [0.717, 1.165) is 17.6 Å². The van der Waals surface area contributed by atoms with Crippen molar-refractivity contribution in [3.63, 3.8) is 0 Å². The molecule has 0 aromatic carbocycles. The molecule has 3 fully saturated rings. The Bertz CT molecular complexity index is 888. The van der Waals surface area contributed by atoms with Gasteiger partial charge in [0.1, 0.15) is 0 Å². The largest absolute Gasteiger partial charge is 0.399 e. The van der Waals surface area contributed by atoms with E-state index in [9.17, 15) is 17.8 Å². The molecule has 12 heteroatoms. The second kappa shape index (κ2) is 7.72. The van der Waals surface area contributed by atoms with Gasteiger partial charge in [0.2, 0.25) is 10.0 Å². The number of hydrogen-bond donors (Lipinski definition) is 1. The Balaban J connectivity index is 1.91. The minimum atomic E-state index is -4.92. The lowest BCUT2D eigenvalue weighted by Crippen LogP contribution is -2.55. The van der Waals surface area contributed by atoms with Crippen LogP contribution >= 0.6 is 7.60 Å². The minimum absolute atomic E-state index is 0.187. The van der Waals surface area contributed by atoms with E-state index in [2.05, 4.69) is 0 Å². The molecule has 5 atom stereocenters. The zero-order valence-corrected chi connectivity index (χ0v) is 20.3. The fourth-order valence-electron chi connectivity index (χ4n) is 5.95. The molecule has 8 nitrogen and oxygen atoms in total. The lowest BCUT2D eigenvalue weighted by Gasteiger charge is -2.38. The van der Waals surface area contributed by atoms with Crippen LogP contribution in [-0.2, 0) is 28.4 Å². The first-order valence-electron chi connectivity index (χ1n) is 10.7. The number of alkyl halides is 2. The van der Waals surface area contributed by atoms with E-state index >= 15 is 8.78 Å². The average Bonchev–Trinajstić information content (AvgIpc) is 3.14. The van der Waals surface area contributed by atoms with Gasteiger partial charge in [0.05, 0.1) is 37.0 Å². The Kier molecular flexibility index (Phi) is 6.23. The summed E-state index contributed by atoms with van der Waals surface area (Å²) >= 11 is 0. The first kappa shape index (κ1) is 25.0. The Morgan fingerprint density at radius 2 is 1.84 bits per heavy atom. The van der Waals surface area contributed by atoms with Crippen molar-refractivity contribution in [3.8, 4) is 0 Å². The Morgan fingerprint density at radius 1 is 1.29 bits per heavy atom. The molecule has 3 rings (SSSR count). The molecule has 2 saturated carbocycles. The first-order chi connectivity index (χ1) is 14.1. The Labute approximate surface area is 182 Å². The predicted octanol–water partition coefficient (Wildman–Crippen LogP) is 3.18. The fraction of sp³-hybridized carbons (Fsp3) is 0.947. The lowest BCUT2D eigenvalue weighted by atomic mass is 9.69. The van der Waals surface area contributed by atoms with Gasteiger partial charge in [-0.3, -0.25) is 9.36 Å². The maximum Gasteiger partial charge on any atom is 0.399 e. The number of amides is 1. The van der Waals surface area contributed by atoms with Crippen molar-refractivity contribution in [2.75, 3.05) is 19.0 Å². The number of rotatable bonds is 8. The van der Waals surface area contributed by atoms with Crippen molar-refractivity contribution in [1.82, 2.24) is 4.31 Å². The molecule has 1 saturated heterocycles. The molecule has 0 aromatic heterocycles. The SMILES string of the molecule is CCOP(=O)(OCC)C(F)(F)[C@H](C)[C@H](N)C(=O)N1[C@H]2C[C@H]3CC[C@]2(CS1(=O)=O)C3(C)C. The monoisotopic (exact) mass is 486 g/mol. The molecule has 1 heterocycles. The van der Waals surface area contributed by atoms with Crippen molar-refractivity contribution in [2.24, 2.45) is 28.4 Å². The predicted molar refractivity (Wildman–Crippen MR) is 111 cm³/mol. The molecular weight excluding hydrogens is 453 g/mol. The summed E-state index contributed by atoms with van der Waals surface area (Å²) in [5, 5.41) is 0. The summed E-state index contributed by atoms with van der Waals surface area (Å²) in [5.74, 6) is -2.98. The van der Waals surface area contributed by atoms with Crippen LogP contribution in [0.4, 0.5) is 8.78 Å². The normalized spacial score (nSPS) is 33.4. The van der Waals surface area contributed by atoms with E-state index in [1.54, 1.807) is 0 Å². The number of nitrogens with two attached hydrogens (primary N) is 1. The summed E-state index contributed by atoms with van der Waals surface area (Å²) in [6.07, 6.45) is 2.06. The van der Waals surface area contributed by atoms with Gasteiger partial charge in [0, 0.05) is 5.41 Å². The fourth-order valence-corrected chi connectivity index (χ4v) is 10.3. The summed E-state index contributed by atoms with van der Waals surface area (Å²) in [5.41, 5.74) is 0.963. The molecule has 1 spiro atoms. The average molecular weight is 487 g/mol. The summed E-state index contributed by atoms with van der Waals surface area (Å²) in [6.45, 7) is 7.22. The van der Waals surface area contributed by atoms with Gasteiger partial charge in [-0.25, -0.2) is 12.7 Å². The van der Waals surface area contributed by atoms with E-state index in [1.807, 2.05) is 13.8 Å². The molecular formula is C19H33F2N2O6PS. The van der Waals surface area contributed by atoms with Crippen LogP contribution in [-0.4, -0.2) is 55.3 Å². The molecule has 3 aliphatic rings. The number of carbonyl (C=O) groups excluding carboxylic acids is 1. The number of sulfonamides is 1. The van der Waals surface area contributed by atoms with Crippen LogP contribution in [0.25, 0.3) is 0 Å². The number of carbonyl (C=O) groups is 1. The highest BCUT2D eigenvalue weighted by Crippen LogP contribution is 2.70. The summed E-state index contributed by atoms with van der Waals surface area (Å²) in [4.78, 5) is 13.2. The van der Waals surface area contributed by atoms with Crippen LogP contribution in [0.5, 0.6) is 0 Å². The highest BCUT2D eigenvalue weighted by molar-refractivity contribution is 7.90. The van der Waals surface area contributed by atoms with Gasteiger partial charge >= 0.3 is 13.3 Å². The number of hydrogen-bond acceptors (Lipinski definition) is 7. The third-order valence-electron chi connectivity index (χ3n) is 7.96. The summed E-state index contributed by atoms with van der Waals surface area (Å²) in [6, 6.07) is -2.48. The van der Waals surface area contributed by atoms with Crippen molar-refractivity contribution >= 4 is 23.5 Å². The van der Waals surface area contributed by atoms with Gasteiger partial charge in [-0.15, -0.1) is 0 Å². The summed E-state index contributed by atoms with van der Waals surface area (Å²) < 4.78 is 79.4. The molecule has 0 aromatic rings. The smallest absolute Gasteiger partial charge is 0.319 e. The van der Waals surface area contributed by atoms with E-state index in [0.29, 0.717) is 12.8 Å². The second-order valence-corrected chi connectivity index (χ2v) is 13.4. The number of halogens is 2. The van der Waals surface area contributed by atoms with Gasteiger partial charge in [0.25, 0.3) is 5.91 Å². The number of fused-ring (bicyclic) bond motifs is 1. The molecule has 180 valence electrons. The standard InChI is InChI=1S/C19H33F2N2O6PS/c1-6-28-30(25,29-7-2)19(20,21)12(3)15(22)16(24)23-14-10-13-8-9-18(14,17(13,4)5)11-31(23,26)27/h12-15H,6-11,22H2,1-5H3/t12-,13-,14+,15+,18-/m1/s1. The third-order valence-corrected chi connectivity index (χ3v) is 12.2. The highest BCUT2D eigenvalue weighted by atomic mass is 32.2. The van der Waals surface area contributed by atoms with Crippen molar-refractivity contribution in [1.29, 1.82) is 0 Å². The van der Waals surface area contributed by atoms with E-state index in [4.69, 9.17) is 14.8 Å². The van der Waals surface area contributed by atoms with Crippen molar-refractivity contribution in [3.05, 3.63) is 0 Å². The van der Waals surface area contributed by atoms with Gasteiger partial charge in [-0.1, -0.05) is 20.8 Å². The van der Waals surface area contributed by atoms with E-state index in [-0.39, 0.29) is 30.3 Å². The molecule has 0 unspecified atom stereocenters. The Morgan fingerprint density at radius 3 is 2.32 bits per heavy atom. The van der Waals surface area contributed by atoms with Crippen molar-refractivity contribution in [2.45, 2.75) is 71.6 Å². The molecule has 2 bridgehead atoms. The van der Waals surface area contributed by atoms with Crippen LogP contribution in [0, 0.1) is 22.7 Å². The molecule has 31 heavy (non-hydrogen) atoms. The first-order valence-corrected chi connectivity index (χ1v) is 13.9. The zero-order valence-electron chi connectivity index (χ0n) is 18.6. The van der Waals surface area contributed by atoms with Gasteiger partial charge in [0.15, 0.2) is 0 Å². The van der Waals surface area contributed by atoms with Crippen LogP contribution in [0.1, 0.15) is 53.9 Å². The van der Waals surface area contributed by atoms with Crippen LogP contribution in [0.3, 0.4) is 0 Å². The maximum absolute atomic E-state index is 15.2. The molecule has 2 N–H and O–H groups in total. The van der Waals surface area contributed by atoms with Crippen LogP contribution in [0.2, 0.25) is 0 Å².